The van der Waals surface area contributed by atoms with Crippen molar-refractivity contribution in [2.45, 2.75) is 18.9 Å². The monoisotopic (exact) mass is 125 g/mol. The molecule has 3 saturated heterocycles. The van der Waals surface area contributed by atoms with E-state index in [4.69, 9.17) is 5.73 Å². The second kappa shape index (κ2) is 1.96. The standard InChI is InChI=1S/C7H13N2/c8-7-5-9-3-1-6(7)2-4-9/h5-7H,1-4,8H2. The summed E-state index contributed by atoms with van der Waals surface area (Å²) < 4.78 is 0. The first-order valence-electron chi connectivity index (χ1n) is 3.71. The van der Waals surface area contributed by atoms with Crippen molar-refractivity contribution in [3.63, 3.8) is 0 Å². The molecule has 3 heterocycles. The number of hydrogen-bond donors (Lipinski definition) is 1. The van der Waals surface area contributed by atoms with Crippen LogP contribution in [0, 0.1) is 12.5 Å². The summed E-state index contributed by atoms with van der Waals surface area (Å²) in [5.74, 6) is 0.801. The first kappa shape index (κ1) is 5.69. The van der Waals surface area contributed by atoms with Gasteiger partial charge in [0.25, 0.3) is 0 Å². The number of hydrogen-bond acceptors (Lipinski definition) is 2. The largest absolute Gasteiger partial charge is 0.326 e. The summed E-state index contributed by atoms with van der Waals surface area (Å²) in [5.41, 5.74) is 5.82. The maximum Gasteiger partial charge on any atom is 0.0420 e. The van der Waals surface area contributed by atoms with Gasteiger partial charge in [0, 0.05) is 12.6 Å². The molecule has 2 nitrogen and oxygen atoms in total. The fourth-order valence-electron chi connectivity index (χ4n) is 1.82. The van der Waals surface area contributed by atoms with Gasteiger partial charge >= 0.3 is 0 Å². The van der Waals surface area contributed by atoms with Crippen molar-refractivity contribution in [2.75, 3.05) is 13.1 Å². The van der Waals surface area contributed by atoms with Gasteiger partial charge in [-0.1, -0.05) is 0 Å². The summed E-state index contributed by atoms with van der Waals surface area (Å²) in [6, 6.07) is 0.368. The summed E-state index contributed by atoms with van der Waals surface area (Å²) in [6.45, 7) is 4.69. The molecule has 0 aromatic heterocycles. The molecular formula is C7H13N2. The molecule has 0 aliphatic carbocycles. The molecule has 1 radical (unpaired) electrons. The van der Waals surface area contributed by atoms with Crippen LogP contribution in [0.2, 0.25) is 0 Å². The van der Waals surface area contributed by atoms with Crippen LogP contribution in [0.3, 0.4) is 0 Å². The van der Waals surface area contributed by atoms with E-state index < -0.39 is 0 Å². The number of piperidine rings is 3. The van der Waals surface area contributed by atoms with Gasteiger partial charge in [-0.15, -0.1) is 0 Å². The molecule has 3 aliphatic heterocycles. The maximum absolute atomic E-state index is 5.82. The molecule has 0 saturated carbocycles. The Labute approximate surface area is 56.0 Å². The lowest BCUT2D eigenvalue weighted by atomic mass is 9.85. The van der Waals surface area contributed by atoms with Gasteiger partial charge in [0.15, 0.2) is 0 Å². The van der Waals surface area contributed by atoms with Crippen molar-refractivity contribution in [3.05, 3.63) is 6.54 Å². The van der Waals surface area contributed by atoms with Crippen LogP contribution >= 0.6 is 0 Å². The van der Waals surface area contributed by atoms with Crippen LogP contribution in [0.4, 0.5) is 0 Å². The fraction of sp³-hybridized carbons (Fsp3) is 0.857. The number of rotatable bonds is 0. The van der Waals surface area contributed by atoms with Crippen molar-refractivity contribution in [2.24, 2.45) is 11.7 Å². The van der Waals surface area contributed by atoms with E-state index >= 15 is 0 Å². The Bertz CT molecular complexity index is 105. The fourth-order valence-corrected chi connectivity index (χ4v) is 1.82. The molecule has 0 amide bonds. The lowest BCUT2D eigenvalue weighted by Gasteiger charge is -2.42. The SMILES string of the molecule is NC1[CH]N2CCC1CC2. The molecular weight excluding hydrogens is 112 g/mol. The highest BCUT2D eigenvalue weighted by Crippen LogP contribution is 2.28. The predicted octanol–water partition coefficient (Wildman–Crippen LogP) is 0.201. The zero-order valence-electron chi connectivity index (χ0n) is 5.59. The molecule has 0 spiro atoms. The van der Waals surface area contributed by atoms with E-state index in [-0.39, 0.29) is 0 Å². The average molecular weight is 125 g/mol. The van der Waals surface area contributed by atoms with E-state index in [9.17, 15) is 0 Å². The molecule has 2 N–H and O–H groups in total. The summed E-state index contributed by atoms with van der Waals surface area (Å²) >= 11 is 0. The molecule has 0 aromatic rings. The van der Waals surface area contributed by atoms with Crippen LogP contribution < -0.4 is 5.73 Å². The predicted molar refractivity (Wildman–Crippen MR) is 36.6 cm³/mol. The lowest BCUT2D eigenvalue weighted by Crippen LogP contribution is -2.50. The lowest BCUT2D eigenvalue weighted by molar-refractivity contribution is 0.132. The summed E-state index contributed by atoms with van der Waals surface area (Å²) in [6.07, 6.45) is 2.63. The van der Waals surface area contributed by atoms with E-state index in [1.807, 2.05) is 0 Å². The van der Waals surface area contributed by atoms with Gasteiger partial charge in [-0.3, -0.25) is 4.90 Å². The molecule has 9 heavy (non-hydrogen) atoms. The smallest absolute Gasteiger partial charge is 0.0420 e. The highest BCUT2D eigenvalue weighted by Gasteiger charge is 2.31. The van der Waals surface area contributed by atoms with Crippen LogP contribution in [0.1, 0.15) is 12.8 Å². The first-order valence-corrected chi connectivity index (χ1v) is 3.71. The molecule has 2 bridgehead atoms. The van der Waals surface area contributed by atoms with Gasteiger partial charge in [-0.2, -0.15) is 0 Å². The number of nitrogens with two attached hydrogens (primary N) is 1. The van der Waals surface area contributed by atoms with Crippen LogP contribution in [-0.2, 0) is 0 Å². The minimum Gasteiger partial charge on any atom is -0.326 e. The van der Waals surface area contributed by atoms with E-state index in [1.54, 1.807) is 0 Å². The number of nitrogens with zero attached hydrogens (tertiary/aromatic N) is 1. The molecule has 1 atom stereocenters. The van der Waals surface area contributed by atoms with Crippen molar-refractivity contribution < 1.29 is 0 Å². The Morgan fingerprint density at radius 1 is 1.33 bits per heavy atom. The molecule has 3 fully saturated rings. The summed E-state index contributed by atoms with van der Waals surface area (Å²) in [5, 5.41) is 0. The molecule has 1 unspecified atom stereocenters. The van der Waals surface area contributed by atoms with Gasteiger partial charge in [0.2, 0.25) is 0 Å². The maximum atomic E-state index is 5.82. The number of fused-ring (bicyclic) bond motifs is 3. The second-order valence-corrected chi connectivity index (χ2v) is 3.10. The van der Waals surface area contributed by atoms with Crippen molar-refractivity contribution >= 4 is 0 Å². The van der Waals surface area contributed by atoms with Crippen molar-refractivity contribution in [1.29, 1.82) is 0 Å². The quantitative estimate of drug-likeness (QED) is 0.501. The zero-order chi connectivity index (χ0) is 6.27. The third-order valence-electron chi connectivity index (χ3n) is 2.50. The third kappa shape index (κ3) is 0.864. The van der Waals surface area contributed by atoms with E-state index in [1.165, 1.54) is 25.9 Å². The Morgan fingerprint density at radius 2 is 2.00 bits per heavy atom. The molecule has 2 heteroatoms. The minimum atomic E-state index is 0.368. The molecule has 3 aliphatic rings. The minimum absolute atomic E-state index is 0.368. The third-order valence-corrected chi connectivity index (χ3v) is 2.50. The van der Waals surface area contributed by atoms with E-state index in [0.717, 1.165) is 5.92 Å². The van der Waals surface area contributed by atoms with Gasteiger partial charge in [-0.25, -0.2) is 0 Å². The van der Waals surface area contributed by atoms with Crippen LogP contribution in [-0.4, -0.2) is 24.0 Å². The summed E-state index contributed by atoms with van der Waals surface area (Å²) in [7, 11) is 0. The Morgan fingerprint density at radius 3 is 2.22 bits per heavy atom. The van der Waals surface area contributed by atoms with Crippen LogP contribution in [0.5, 0.6) is 0 Å². The zero-order valence-corrected chi connectivity index (χ0v) is 5.59. The second-order valence-electron chi connectivity index (χ2n) is 3.10. The Balaban J connectivity index is 2.06. The van der Waals surface area contributed by atoms with Gasteiger partial charge < -0.3 is 5.73 Å². The molecule has 51 valence electrons. The van der Waals surface area contributed by atoms with E-state index in [0.29, 0.717) is 6.04 Å². The van der Waals surface area contributed by atoms with E-state index in [2.05, 4.69) is 11.4 Å². The van der Waals surface area contributed by atoms with Crippen LogP contribution in [0.15, 0.2) is 0 Å². The van der Waals surface area contributed by atoms with Gasteiger partial charge in [-0.05, 0) is 31.8 Å². The van der Waals surface area contributed by atoms with Crippen molar-refractivity contribution in [1.82, 2.24) is 4.90 Å². The highest BCUT2D eigenvalue weighted by molar-refractivity contribution is 4.96. The van der Waals surface area contributed by atoms with Gasteiger partial charge in [0.05, 0.1) is 0 Å². The normalized spacial score (nSPS) is 49.7. The molecule has 3 rings (SSSR count). The average Bonchev–Trinajstić information content (AvgIpc) is 1.90. The topological polar surface area (TPSA) is 29.3 Å². The Kier molecular flexibility index (Phi) is 1.24. The highest BCUT2D eigenvalue weighted by atomic mass is 15.2. The summed E-state index contributed by atoms with van der Waals surface area (Å²) in [4.78, 5) is 2.35. The first-order chi connectivity index (χ1) is 4.36. The van der Waals surface area contributed by atoms with Crippen LogP contribution in [0.25, 0.3) is 0 Å². The Hall–Kier alpha value is -0.0800. The molecule has 0 aromatic carbocycles. The van der Waals surface area contributed by atoms with Gasteiger partial charge in [0.1, 0.15) is 0 Å². The van der Waals surface area contributed by atoms with Crippen molar-refractivity contribution in [3.8, 4) is 0 Å².